The SMILES string of the molecule is CCCOc1ccc(Br)cc1/C=N\NC(=O)CCCCCC(=O)N/N=C\c1cc(Br)ccc1OCCC. The summed E-state index contributed by atoms with van der Waals surface area (Å²) in [5.41, 5.74) is 6.65. The van der Waals surface area contributed by atoms with Crippen LogP contribution in [-0.4, -0.2) is 37.5 Å². The molecule has 8 nitrogen and oxygen atoms in total. The van der Waals surface area contributed by atoms with Crippen LogP contribution in [-0.2, 0) is 9.59 Å². The lowest BCUT2D eigenvalue weighted by atomic mass is 10.1. The van der Waals surface area contributed by atoms with E-state index in [0.29, 0.717) is 50.4 Å². The number of halogens is 2. The van der Waals surface area contributed by atoms with Crippen LogP contribution in [0.3, 0.4) is 0 Å². The molecule has 2 N–H and O–H groups in total. The Kier molecular flexibility index (Phi) is 14.6. The summed E-state index contributed by atoms with van der Waals surface area (Å²) in [5.74, 6) is 1.08. The van der Waals surface area contributed by atoms with E-state index in [9.17, 15) is 9.59 Å². The number of rotatable bonds is 16. The zero-order valence-corrected chi connectivity index (χ0v) is 24.4. The van der Waals surface area contributed by atoms with Gasteiger partial charge in [0.15, 0.2) is 0 Å². The van der Waals surface area contributed by atoms with Crippen molar-refractivity contribution in [1.82, 2.24) is 10.9 Å². The van der Waals surface area contributed by atoms with Gasteiger partial charge in [0.05, 0.1) is 25.6 Å². The summed E-state index contributed by atoms with van der Waals surface area (Å²) in [7, 11) is 0. The van der Waals surface area contributed by atoms with Gasteiger partial charge >= 0.3 is 0 Å². The van der Waals surface area contributed by atoms with Gasteiger partial charge in [-0.3, -0.25) is 9.59 Å². The maximum absolute atomic E-state index is 12.1. The van der Waals surface area contributed by atoms with Gasteiger partial charge in [0.1, 0.15) is 11.5 Å². The molecular weight excluding hydrogens is 604 g/mol. The van der Waals surface area contributed by atoms with Gasteiger partial charge in [-0.05, 0) is 62.1 Å². The number of amides is 2. The second-order valence-electron chi connectivity index (χ2n) is 8.21. The van der Waals surface area contributed by atoms with Crippen LogP contribution in [0.1, 0.15) is 69.9 Å². The van der Waals surface area contributed by atoms with Gasteiger partial charge in [-0.15, -0.1) is 0 Å². The van der Waals surface area contributed by atoms with Crippen LogP contribution in [0.5, 0.6) is 11.5 Å². The maximum atomic E-state index is 12.1. The largest absolute Gasteiger partial charge is 0.493 e. The average molecular weight is 638 g/mol. The lowest BCUT2D eigenvalue weighted by Gasteiger charge is -2.08. The van der Waals surface area contributed by atoms with Crippen molar-refractivity contribution in [3.63, 3.8) is 0 Å². The van der Waals surface area contributed by atoms with Crippen molar-refractivity contribution in [2.24, 2.45) is 10.2 Å². The lowest BCUT2D eigenvalue weighted by molar-refractivity contribution is -0.121. The first-order chi connectivity index (χ1) is 17.9. The Bertz CT molecular complexity index is 993. The fourth-order valence-electron chi connectivity index (χ4n) is 3.13. The van der Waals surface area contributed by atoms with Crippen molar-refractivity contribution in [3.8, 4) is 11.5 Å². The number of carbonyl (C=O) groups is 2. The minimum Gasteiger partial charge on any atom is -0.493 e. The van der Waals surface area contributed by atoms with Crippen LogP contribution in [0.2, 0.25) is 0 Å². The second kappa shape index (κ2) is 17.7. The number of hydrazone groups is 2. The van der Waals surface area contributed by atoms with Crippen LogP contribution in [0.15, 0.2) is 55.5 Å². The molecule has 0 aliphatic heterocycles. The number of ether oxygens (including phenoxy) is 2. The third-order valence-electron chi connectivity index (χ3n) is 4.96. The van der Waals surface area contributed by atoms with Crippen molar-refractivity contribution in [1.29, 1.82) is 0 Å². The molecule has 0 unspecified atom stereocenters. The standard InChI is InChI=1S/C27H34Br2N4O4/c1-3-14-36-24-12-10-22(28)16-20(24)18-30-32-26(34)8-6-5-7-9-27(35)33-31-19-21-17-23(29)11-13-25(21)37-15-4-2/h10-13,16-19H,3-9,14-15H2,1-2H3,(H,32,34)(H,33,35)/b30-18-,31-19-. The van der Waals surface area contributed by atoms with Crippen molar-refractivity contribution in [3.05, 3.63) is 56.5 Å². The normalized spacial score (nSPS) is 11.1. The molecule has 2 aromatic rings. The molecule has 0 spiro atoms. The fraction of sp³-hybridized carbons (Fsp3) is 0.407. The quantitative estimate of drug-likeness (QED) is 0.127. The van der Waals surface area contributed by atoms with Crippen molar-refractivity contribution < 1.29 is 19.1 Å². The molecule has 0 aliphatic carbocycles. The number of hydrogen-bond donors (Lipinski definition) is 2. The molecule has 0 radical (unpaired) electrons. The third kappa shape index (κ3) is 12.4. The summed E-state index contributed by atoms with van der Waals surface area (Å²) in [4.78, 5) is 24.1. The molecule has 200 valence electrons. The Labute approximate surface area is 235 Å². The summed E-state index contributed by atoms with van der Waals surface area (Å²) in [6, 6.07) is 11.3. The predicted molar refractivity (Wildman–Crippen MR) is 154 cm³/mol. The molecule has 2 rings (SSSR count). The molecule has 0 fully saturated rings. The number of unbranched alkanes of at least 4 members (excludes halogenated alkanes) is 2. The first kappa shape index (κ1) is 30.5. The van der Waals surface area contributed by atoms with E-state index in [-0.39, 0.29) is 11.8 Å². The Morgan fingerprint density at radius 1 is 0.757 bits per heavy atom. The molecule has 0 atom stereocenters. The molecule has 0 aliphatic rings. The van der Waals surface area contributed by atoms with E-state index >= 15 is 0 Å². The second-order valence-corrected chi connectivity index (χ2v) is 10.0. The van der Waals surface area contributed by atoms with Crippen LogP contribution < -0.4 is 20.3 Å². The summed E-state index contributed by atoms with van der Waals surface area (Å²) >= 11 is 6.87. The van der Waals surface area contributed by atoms with Crippen molar-refractivity contribution >= 4 is 56.1 Å². The monoisotopic (exact) mass is 636 g/mol. The zero-order chi connectivity index (χ0) is 26.9. The number of carbonyl (C=O) groups excluding carboxylic acids is 2. The molecule has 37 heavy (non-hydrogen) atoms. The predicted octanol–water partition coefficient (Wildman–Crippen LogP) is 6.34. The minimum atomic E-state index is -0.175. The Hall–Kier alpha value is -2.72. The first-order valence-electron chi connectivity index (χ1n) is 12.4. The Balaban J connectivity index is 1.66. The Morgan fingerprint density at radius 3 is 1.59 bits per heavy atom. The van der Waals surface area contributed by atoms with E-state index < -0.39 is 0 Å². The number of nitrogens with zero attached hydrogens (tertiary/aromatic N) is 2. The van der Waals surface area contributed by atoms with Crippen LogP contribution >= 0.6 is 31.9 Å². The number of benzene rings is 2. The summed E-state index contributed by atoms with van der Waals surface area (Å²) in [6.07, 6.45) is 7.69. The summed E-state index contributed by atoms with van der Waals surface area (Å²) in [5, 5.41) is 8.10. The van der Waals surface area contributed by atoms with E-state index in [2.05, 4.69) is 52.9 Å². The first-order valence-corrected chi connectivity index (χ1v) is 14.0. The molecule has 2 aromatic carbocycles. The molecule has 0 bridgehead atoms. The van der Waals surface area contributed by atoms with Crippen LogP contribution in [0.4, 0.5) is 0 Å². The molecule has 0 aromatic heterocycles. The topological polar surface area (TPSA) is 101 Å². The van der Waals surface area contributed by atoms with E-state index in [1.807, 2.05) is 50.2 Å². The van der Waals surface area contributed by atoms with Crippen LogP contribution in [0, 0.1) is 0 Å². The van der Waals surface area contributed by atoms with E-state index in [1.54, 1.807) is 12.4 Å². The highest BCUT2D eigenvalue weighted by Gasteiger charge is 2.06. The lowest BCUT2D eigenvalue weighted by Crippen LogP contribution is -2.18. The van der Waals surface area contributed by atoms with Gasteiger partial charge in [0.25, 0.3) is 0 Å². The van der Waals surface area contributed by atoms with Gasteiger partial charge in [0, 0.05) is 32.9 Å². The fourth-order valence-corrected chi connectivity index (χ4v) is 3.89. The highest BCUT2D eigenvalue weighted by molar-refractivity contribution is 9.10. The highest BCUT2D eigenvalue weighted by Crippen LogP contribution is 2.23. The van der Waals surface area contributed by atoms with E-state index in [1.165, 1.54) is 0 Å². The number of hydrogen-bond acceptors (Lipinski definition) is 6. The van der Waals surface area contributed by atoms with Gasteiger partial charge in [-0.2, -0.15) is 10.2 Å². The summed E-state index contributed by atoms with van der Waals surface area (Å²) in [6.45, 7) is 5.30. The smallest absolute Gasteiger partial charge is 0.240 e. The molecule has 0 saturated heterocycles. The molecule has 2 amide bonds. The average Bonchev–Trinajstić information content (AvgIpc) is 2.87. The third-order valence-corrected chi connectivity index (χ3v) is 5.95. The van der Waals surface area contributed by atoms with Gasteiger partial charge in [0.2, 0.25) is 11.8 Å². The van der Waals surface area contributed by atoms with Gasteiger partial charge < -0.3 is 9.47 Å². The summed E-state index contributed by atoms with van der Waals surface area (Å²) < 4.78 is 13.2. The van der Waals surface area contributed by atoms with Crippen molar-refractivity contribution in [2.75, 3.05) is 13.2 Å². The maximum Gasteiger partial charge on any atom is 0.240 e. The zero-order valence-electron chi connectivity index (χ0n) is 21.3. The number of nitrogens with one attached hydrogen (secondary N) is 2. The molecule has 10 heteroatoms. The van der Waals surface area contributed by atoms with Gasteiger partial charge in [-0.1, -0.05) is 52.1 Å². The molecular formula is C27H34Br2N4O4. The van der Waals surface area contributed by atoms with Crippen LogP contribution in [0.25, 0.3) is 0 Å². The van der Waals surface area contributed by atoms with E-state index in [0.717, 1.165) is 39.3 Å². The van der Waals surface area contributed by atoms with Gasteiger partial charge in [-0.25, -0.2) is 10.9 Å². The molecule has 0 heterocycles. The minimum absolute atomic E-state index is 0.175. The Morgan fingerprint density at radius 2 is 1.19 bits per heavy atom. The molecule has 0 saturated carbocycles. The highest BCUT2D eigenvalue weighted by atomic mass is 79.9. The van der Waals surface area contributed by atoms with E-state index in [4.69, 9.17) is 9.47 Å². The van der Waals surface area contributed by atoms with Crippen molar-refractivity contribution in [2.45, 2.75) is 58.8 Å².